The van der Waals surface area contributed by atoms with E-state index in [9.17, 15) is 13.2 Å². The van der Waals surface area contributed by atoms with E-state index >= 15 is 0 Å². The van der Waals surface area contributed by atoms with E-state index < -0.39 is 9.84 Å². The quantitative estimate of drug-likeness (QED) is 0.877. The number of alkyl halides is 1. The summed E-state index contributed by atoms with van der Waals surface area (Å²) in [7, 11) is -3.24. The summed E-state index contributed by atoms with van der Waals surface area (Å²) in [6.07, 6.45) is 1.37. The molecular weight excluding hydrogens is 308 g/mol. The second-order valence-electron chi connectivity index (χ2n) is 3.91. The minimum atomic E-state index is -3.24. The molecular formula is C11H11ClN2O3S2. The highest BCUT2D eigenvalue weighted by Crippen LogP contribution is 2.28. The van der Waals surface area contributed by atoms with Crippen LogP contribution in [0.3, 0.4) is 0 Å². The predicted octanol–water partition coefficient (Wildman–Crippen LogP) is 2.27. The van der Waals surface area contributed by atoms with E-state index in [0.717, 1.165) is 6.26 Å². The lowest BCUT2D eigenvalue weighted by molar-refractivity contribution is -0.115. The van der Waals surface area contributed by atoms with Gasteiger partial charge in [-0.2, -0.15) is 0 Å². The van der Waals surface area contributed by atoms with Crippen LogP contribution in [0.2, 0.25) is 0 Å². The third-order valence-electron chi connectivity index (χ3n) is 2.36. The van der Waals surface area contributed by atoms with Crippen LogP contribution >= 0.6 is 22.9 Å². The van der Waals surface area contributed by atoms with Crippen LogP contribution in [0.15, 0.2) is 23.1 Å². The van der Waals surface area contributed by atoms with E-state index in [1.54, 1.807) is 12.1 Å². The number of rotatable bonds is 4. The van der Waals surface area contributed by atoms with Crippen molar-refractivity contribution < 1.29 is 13.2 Å². The highest BCUT2D eigenvalue weighted by Gasteiger charge is 2.11. The number of carbonyl (C=O) groups is 1. The van der Waals surface area contributed by atoms with Crippen LogP contribution in [0.5, 0.6) is 0 Å². The SMILES string of the molecule is CS(=O)(=O)c1ccc2nc(NC(=O)CCCl)sc2c1. The molecule has 5 nitrogen and oxygen atoms in total. The number of hydrogen-bond acceptors (Lipinski definition) is 5. The van der Waals surface area contributed by atoms with Gasteiger partial charge in [-0.15, -0.1) is 11.6 Å². The Morgan fingerprint density at radius 1 is 1.47 bits per heavy atom. The number of thiazole rings is 1. The maximum Gasteiger partial charge on any atom is 0.227 e. The van der Waals surface area contributed by atoms with Gasteiger partial charge in [0, 0.05) is 18.6 Å². The largest absolute Gasteiger partial charge is 0.302 e. The summed E-state index contributed by atoms with van der Waals surface area (Å²) in [5.41, 5.74) is 0.651. The highest BCUT2D eigenvalue weighted by atomic mass is 35.5. The van der Waals surface area contributed by atoms with Crippen molar-refractivity contribution in [2.75, 3.05) is 17.5 Å². The Balaban J connectivity index is 2.33. The molecule has 0 spiro atoms. The second kappa shape index (κ2) is 5.44. The summed E-state index contributed by atoms with van der Waals surface area (Å²) in [5, 5.41) is 3.07. The Hall–Kier alpha value is -1.18. The number of aromatic nitrogens is 1. The third-order valence-corrected chi connectivity index (χ3v) is 4.59. The Morgan fingerprint density at radius 3 is 2.84 bits per heavy atom. The molecule has 1 aromatic heterocycles. The molecule has 1 heterocycles. The predicted molar refractivity (Wildman–Crippen MR) is 76.7 cm³/mol. The molecule has 2 rings (SSSR count). The first-order valence-electron chi connectivity index (χ1n) is 5.36. The van der Waals surface area contributed by atoms with E-state index in [1.807, 2.05) is 0 Å². The van der Waals surface area contributed by atoms with Crippen molar-refractivity contribution in [2.45, 2.75) is 11.3 Å². The maximum absolute atomic E-state index is 11.4. The van der Waals surface area contributed by atoms with E-state index in [-0.39, 0.29) is 23.1 Å². The number of fused-ring (bicyclic) bond motifs is 1. The summed E-state index contributed by atoms with van der Waals surface area (Å²) in [6.45, 7) is 0. The normalized spacial score (nSPS) is 11.7. The second-order valence-corrected chi connectivity index (χ2v) is 7.33. The molecule has 1 N–H and O–H groups in total. The van der Waals surface area contributed by atoms with E-state index in [0.29, 0.717) is 15.3 Å². The van der Waals surface area contributed by atoms with Gasteiger partial charge < -0.3 is 5.32 Å². The van der Waals surface area contributed by atoms with Gasteiger partial charge in [-0.05, 0) is 18.2 Å². The fraction of sp³-hybridized carbons (Fsp3) is 0.273. The molecule has 0 saturated carbocycles. The van der Waals surface area contributed by atoms with Crippen molar-refractivity contribution in [3.63, 3.8) is 0 Å². The minimum absolute atomic E-state index is 0.211. The molecule has 0 unspecified atom stereocenters. The van der Waals surface area contributed by atoms with Gasteiger partial charge in [-0.25, -0.2) is 13.4 Å². The zero-order chi connectivity index (χ0) is 14.0. The molecule has 102 valence electrons. The molecule has 19 heavy (non-hydrogen) atoms. The molecule has 1 aromatic carbocycles. The number of nitrogens with one attached hydrogen (secondary N) is 1. The first-order chi connectivity index (χ1) is 8.90. The molecule has 0 aliphatic carbocycles. The summed E-state index contributed by atoms with van der Waals surface area (Å²) in [6, 6.07) is 4.68. The maximum atomic E-state index is 11.4. The van der Waals surface area contributed by atoms with Crippen LogP contribution < -0.4 is 5.32 Å². The number of anilines is 1. The van der Waals surface area contributed by atoms with Crippen molar-refractivity contribution >= 4 is 54.0 Å². The first kappa shape index (κ1) is 14.2. The summed E-state index contributed by atoms with van der Waals surface area (Å²) in [4.78, 5) is 15.8. The summed E-state index contributed by atoms with van der Waals surface area (Å²) in [5.74, 6) is 0.0342. The molecule has 0 fully saturated rings. The fourth-order valence-electron chi connectivity index (χ4n) is 1.46. The monoisotopic (exact) mass is 318 g/mol. The van der Waals surface area contributed by atoms with Crippen molar-refractivity contribution in [3.05, 3.63) is 18.2 Å². The van der Waals surface area contributed by atoms with Crippen LogP contribution in [0.1, 0.15) is 6.42 Å². The van der Waals surface area contributed by atoms with Crippen molar-refractivity contribution in [1.29, 1.82) is 0 Å². The Kier molecular flexibility index (Phi) is 4.07. The van der Waals surface area contributed by atoms with Crippen molar-refractivity contribution in [3.8, 4) is 0 Å². The van der Waals surface area contributed by atoms with Gasteiger partial charge in [0.2, 0.25) is 5.91 Å². The molecule has 8 heteroatoms. The minimum Gasteiger partial charge on any atom is -0.302 e. The van der Waals surface area contributed by atoms with Gasteiger partial charge >= 0.3 is 0 Å². The number of carbonyl (C=O) groups excluding carboxylic acids is 1. The van der Waals surface area contributed by atoms with Crippen molar-refractivity contribution in [2.24, 2.45) is 0 Å². The topological polar surface area (TPSA) is 76.1 Å². The summed E-state index contributed by atoms with van der Waals surface area (Å²) < 4.78 is 23.6. The smallest absolute Gasteiger partial charge is 0.227 e. The number of halogens is 1. The lowest BCUT2D eigenvalue weighted by Crippen LogP contribution is -2.11. The van der Waals surface area contributed by atoms with E-state index in [2.05, 4.69) is 10.3 Å². The van der Waals surface area contributed by atoms with E-state index in [4.69, 9.17) is 11.6 Å². The van der Waals surface area contributed by atoms with Gasteiger partial charge in [0.1, 0.15) is 0 Å². The Bertz CT molecular complexity index is 725. The van der Waals surface area contributed by atoms with Crippen LogP contribution in [0.4, 0.5) is 5.13 Å². The standard InChI is InChI=1S/C11H11ClN2O3S2/c1-19(16,17)7-2-3-8-9(6-7)18-11(13-8)14-10(15)4-5-12/h2-3,6H,4-5H2,1H3,(H,13,14,15). The molecule has 2 aromatic rings. The molecule has 0 atom stereocenters. The Morgan fingerprint density at radius 2 is 2.21 bits per heavy atom. The molecule has 0 saturated heterocycles. The number of hydrogen-bond donors (Lipinski definition) is 1. The van der Waals surface area contributed by atoms with E-state index in [1.165, 1.54) is 17.4 Å². The van der Waals surface area contributed by atoms with Crippen LogP contribution in [0.25, 0.3) is 10.2 Å². The number of nitrogens with zero attached hydrogens (tertiary/aromatic N) is 1. The Labute approximate surface area is 119 Å². The van der Waals surface area contributed by atoms with Gasteiger partial charge in [-0.3, -0.25) is 4.79 Å². The average Bonchev–Trinajstić information content (AvgIpc) is 2.68. The highest BCUT2D eigenvalue weighted by molar-refractivity contribution is 7.90. The molecule has 0 aliphatic heterocycles. The van der Waals surface area contributed by atoms with Crippen LogP contribution in [-0.4, -0.2) is 31.4 Å². The molecule has 0 radical (unpaired) electrons. The lowest BCUT2D eigenvalue weighted by atomic mass is 10.3. The molecule has 1 amide bonds. The van der Waals surface area contributed by atoms with Gasteiger partial charge in [0.05, 0.1) is 15.1 Å². The first-order valence-corrected chi connectivity index (χ1v) is 8.61. The lowest BCUT2D eigenvalue weighted by Gasteiger charge is -1.96. The number of sulfone groups is 1. The fourth-order valence-corrected chi connectivity index (χ4v) is 3.27. The van der Waals surface area contributed by atoms with Crippen LogP contribution in [-0.2, 0) is 14.6 Å². The van der Waals surface area contributed by atoms with Crippen molar-refractivity contribution in [1.82, 2.24) is 4.98 Å². The zero-order valence-electron chi connectivity index (χ0n) is 10.0. The average molecular weight is 319 g/mol. The summed E-state index contributed by atoms with van der Waals surface area (Å²) >= 11 is 6.70. The van der Waals surface area contributed by atoms with Crippen LogP contribution in [0, 0.1) is 0 Å². The molecule has 0 aliphatic rings. The van der Waals surface area contributed by atoms with Gasteiger partial charge in [0.15, 0.2) is 15.0 Å². The third kappa shape index (κ3) is 3.43. The zero-order valence-corrected chi connectivity index (χ0v) is 12.4. The number of benzene rings is 1. The van der Waals surface area contributed by atoms with Gasteiger partial charge in [0.25, 0.3) is 0 Å². The molecule has 0 bridgehead atoms. The van der Waals surface area contributed by atoms with Gasteiger partial charge in [-0.1, -0.05) is 11.3 Å². The number of amides is 1.